The van der Waals surface area contributed by atoms with Crippen molar-refractivity contribution < 1.29 is 9.53 Å². The molecular weight excluding hydrogens is 304 g/mol. The van der Waals surface area contributed by atoms with Crippen molar-refractivity contribution in [3.8, 4) is 0 Å². The molecule has 2 unspecified atom stereocenters. The molecule has 24 heavy (non-hydrogen) atoms. The summed E-state index contributed by atoms with van der Waals surface area (Å²) in [6, 6.07) is 0.465. The second-order valence-corrected chi connectivity index (χ2v) is 7.62. The lowest BCUT2D eigenvalue weighted by molar-refractivity contribution is 0.0125. The number of rotatable bonds is 6. The number of hydrogen-bond donors (Lipinski definition) is 1. The van der Waals surface area contributed by atoms with Gasteiger partial charge in [-0.15, -0.1) is 0 Å². The van der Waals surface area contributed by atoms with Crippen LogP contribution in [0.15, 0.2) is 18.7 Å². The first-order valence-corrected chi connectivity index (χ1v) is 9.06. The van der Waals surface area contributed by atoms with Crippen LogP contribution in [0.2, 0.25) is 0 Å². The summed E-state index contributed by atoms with van der Waals surface area (Å²) in [5.41, 5.74) is -0.433. The maximum absolute atomic E-state index is 12.3. The molecule has 1 amide bonds. The Hall–Kier alpha value is -1.56. The van der Waals surface area contributed by atoms with Gasteiger partial charge in [0, 0.05) is 44.6 Å². The third-order valence-electron chi connectivity index (χ3n) is 4.38. The number of nitrogens with one attached hydrogen (secondary N) is 1. The van der Waals surface area contributed by atoms with Gasteiger partial charge in [0.25, 0.3) is 0 Å². The Bertz CT molecular complexity index is 496. The van der Waals surface area contributed by atoms with Crippen molar-refractivity contribution in [2.24, 2.45) is 5.92 Å². The second kappa shape index (κ2) is 8.51. The van der Waals surface area contributed by atoms with Gasteiger partial charge in [-0.25, -0.2) is 9.78 Å². The molecule has 0 aromatic carbocycles. The minimum absolute atomic E-state index is 0.180. The molecule has 0 saturated carbocycles. The van der Waals surface area contributed by atoms with Gasteiger partial charge in [0.1, 0.15) is 5.60 Å². The van der Waals surface area contributed by atoms with Crippen LogP contribution in [0.25, 0.3) is 0 Å². The van der Waals surface area contributed by atoms with Gasteiger partial charge in [0.15, 0.2) is 0 Å². The molecule has 6 nitrogen and oxygen atoms in total. The molecule has 1 saturated heterocycles. The first kappa shape index (κ1) is 18.8. The van der Waals surface area contributed by atoms with Crippen LogP contribution in [0, 0.1) is 5.92 Å². The molecular formula is C18H32N4O2. The smallest absolute Gasteiger partial charge is 0.410 e. The highest BCUT2D eigenvalue weighted by Crippen LogP contribution is 2.23. The topological polar surface area (TPSA) is 59.4 Å². The van der Waals surface area contributed by atoms with E-state index in [1.807, 2.05) is 38.2 Å². The van der Waals surface area contributed by atoms with Crippen molar-refractivity contribution in [1.29, 1.82) is 0 Å². The van der Waals surface area contributed by atoms with E-state index in [-0.39, 0.29) is 6.09 Å². The highest BCUT2D eigenvalue weighted by Gasteiger charge is 2.32. The Morgan fingerprint density at radius 2 is 2.21 bits per heavy atom. The number of nitrogens with zero attached hydrogens (tertiary/aromatic N) is 3. The van der Waals surface area contributed by atoms with Crippen LogP contribution in [0.3, 0.4) is 0 Å². The van der Waals surface area contributed by atoms with Crippen LogP contribution in [0.1, 0.15) is 47.0 Å². The maximum atomic E-state index is 12.3. The Balaban J connectivity index is 1.84. The molecule has 0 spiro atoms. The van der Waals surface area contributed by atoms with E-state index in [0.717, 1.165) is 45.4 Å². The molecule has 1 aliphatic rings. The molecule has 6 heteroatoms. The number of piperidine rings is 1. The number of hydrogen-bond acceptors (Lipinski definition) is 4. The Labute approximate surface area is 145 Å². The third-order valence-corrected chi connectivity index (χ3v) is 4.38. The molecule has 2 atom stereocenters. The van der Waals surface area contributed by atoms with Gasteiger partial charge in [-0.3, -0.25) is 0 Å². The summed E-state index contributed by atoms with van der Waals surface area (Å²) in [7, 11) is 0. The SMILES string of the molecule is CCCC1CN(C(=O)OC(C)(C)C)CCC1NCCn1ccnc1. The van der Waals surface area contributed by atoms with Crippen LogP contribution in [-0.2, 0) is 11.3 Å². The Morgan fingerprint density at radius 3 is 2.83 bits per heavy atom. The van der Waals surface area contributed by atoms with Crippen LogP contribution in [0.4, 0.5) is 4.79 Å². The molecule has 0 radical (unpaired) electrons. The van der Waals surface area contributed by atoms with Crippen molar-refractivity contribution in [3.63, 3.8) is 0 Å². The van der Waals surface area contributed by atoms with Gasteiger partial charge in [0.05, 0.1) is 6.33 Å². The van der Waals surface area contributed by atoms with Crippen LogP contribution < -0.4 is 5.32 Å². The number of imidazole rings is 1. The van der Waals surface area contributed by atoms with Crippen molar-refractivity contribution >= 4 is 6.09 Å². The summed E-state index contributed by atoms with van der Waals surface area (Å²) in [4.78, 5) is 18.3. The summed E-state index contributed by atoms with van der Waals surface area (Å²) >= 11 is 0. The third kappa shape index (κ3) is 5.82. The van der Waals surface area contributed by atoms with Crippen LogP contribution in [0.5, 0.6) is 0 Å². The molecule has 136 valence electrons. The highest BCUT2D eigenvalue weighted by atomic mass is 16.6. The zero-order valence-electron chi connectivity index (χ0n) is 15.5. The molecule has 2 heterocycles. The Morgan fingerprint density at radius 1 is 1.42 bits per heavy atom. The van der Waals surface area contributed by atoms with Gasteiger partial charge in [-0.1, -0.05) is 13.3 Å². The molecule has 1 aromatic rings. The fourth-order valence-corrected chi connectivity index (χ4v) is 3.25. The van der Waals surface area contributed by atoms with E-state index >= 15 is 0 Å². The summed E-state index contributed by atoms with van der Waals surface area (Å²) < 4.78 is 7.61. The van der Waals surface area contributed by atoms with E-state index in [2.05, 4.69) is 21.8 Å². The fraction of sp³-hybridized carbons (Fsp3) is 0.778. The van der Waals surface area contributed by atoms with Crippen LogP contribution >= 0.6 is 0 Å². The summed E-state index contributed by atoms with van der Waals surface area (Å²) in [6.45, 7) is 11.3. The van der Waals surface area contributed by atoms with E-state index < -0.39 is 5.60 Å². The second-order valence-electron chi connectivity index (χ2n) is 7.62. The molecule has 1 aliphatic heterocycles. The summed E-state index contributed by atoms with van der Waals surface area (Å²) in [5, 5.41) is 3.68. The zero-order valence-corrected chi connectivity index (χ0v) is 15.5. The van der Waals surface area contributed by atoms with E-state index in [1.54, 1.807) is 6.20 Å². The van der Waals surface area contributed by atoms with Gasteiger partial charge in [-0.05, 0) is 39.5 Å². The maximum Gasteiger partial charge on any atom is 0.410 e. The highest BCUT2D eigenvalue weighted by molar-refractivity contribution is 5.68. The average molecular weight is 336 g/mol. The standard InChI is InChI=1S/C18H32N4O2/c1-5-6-15-13-22(17(23)24-18(2,3)4)10-7-16(15)20-9-12-21-11-8-19-14-21/h8,11,14-16,20H,5-7,9-10,12-13H2,1-4H3. The molecule has 1 aromatic heterocycles. The monoisotopic (exact) mass is 336 g/mol. The molecule has 1 N–H and O–H groups in total. The number of aromatic nitrogens is 2. The zero-order chi connectivity index (χ0) is 17.6. The number of ether oxygens (including phenoxy) is 1. The molecule has 2 rings (SSSR count). The van der Waals surface area contributed by atoms with Gasteiger partial charge < -0.3 is 19.5 Å². The normalized spacial score (nSPS) is 21.8. The number of carbonyl (C=O) groups excluding carboxylic acids is 1. The van der Waals surface area contributed by atoms with Gasteiger partial charge >= 0.3 is 6.09 Å². The number of amides is 1. The minimum Gasteiger partial charge on any atom is -0.444 e. The number of carbonyl (C=O) groups is 1. The first-order chi connectivity index (χ1) is 11.4. The number of likely N-dealkylation sites (tertiary alicyclic amines) is 1. The Kier molecular flexibility index (Phi) is 6.66. The van der Waals surface area contributed by atoms with Crippen LogP contribution in [-0.4, -0.2) is 51.8 Å². The average Bonchev–Trinajstić information content (AvgIpc) is 3.00. The predicted molar refractivity (Wildman–Crippen MR) is 94.8 cm³/mol. The quantitative estimate of drug-likeness (QED) is 0.868. The van der Waals surface area contributed by atoms with Gasteiger partial charge in [-0.2, -0.15) is 0 Å². The van der Waals surface area contributed by atoms with Crippen molar-refractivity contribution in [3.05, 3.63) is 18.7 Å². The summed E-state index contributed by atoms with van der Waals surface area (Å²) in [6.07, 6.45) is 8.69. The largest absolute Gasteiger partial charge is 0.444 e. The van der Waals surface area contributed by atoms with Crippen molar-refractivity contribution in [2.45, 2.75) is 65.1 Å². The lowest BCUT2D eigenvalue weighted by atomic mass is 9.88. The lowest BCUT2D eigenvalue weighted by Gasteiger charge is -2.39. The van der Waals surface area contributed by atoms with E-state index in [1.165, 1.54) is 0 Å². The van der Waals surface area contributed by atoms with Gasteiger partial charge in [0.2, 0.25) is 0 Å². The summed E-state index contributed by atoms with van der Waals surface area (Å²) in [5.74, 6) is 0.485. The van der Waals surface area contributed by atoms with Crippen molar-refractivity contribution in [1.82, 2.24) is 19.8 Å². The predicted octanol–water partition coefficient (Wildman–Crippen LogP) is 2.90. The minimum atomic E-state index is -0.433. The van der Waals surface area contributed by atoms with Crippen molar-refractivity contribution in [2.75, 3.05) is 19.6 Å². The van der Waals surface area contributed by atoms with E-state index in [4.69, 9.17) is 4.74 Å². The molecule has 0 bridgehead atoms. The molecule has 1 fully saturated rings. The molecule has 0 aliphatic carbocycles. The lowest BCUT2D eigenvalue weighted by Crippen LogP contribution is -2.52. The van der Waals surface area contributed by atoms with E-state index in [9.17, 15) is 4.79 Å². The van der Waals surface area contributed by atoms with E-state index in [0.29, 0.717) is 12.0 Å². The first-order valence-electron chi connectivity index (χ1n) is 9.06. The fourth-order valence-electron chi connectivity index (χ4n) is 3.25.